The molecule has 7 heteroatoms. The molecule has 0 saturated carbocycles. The van der Waals surface area contributed by atoms with E-state index in [0.717, 1.165) is 4.90 Å². The molecule has 2 atom stereocenters. The number of rotatable bonds is 2. The number of aliphatic hydroxyl groups is 1. The van der Waals surface area contributed by atoms with Gasteiger partial charge in [0.05, 0.1) is 18.8 Å². The summed E-state index contributed by atoms with van der Waals surface area (Å²) < 4.78 is 18.9. The van der Waals surface area contributed by atoms with Crippen molar-refractivity contribution >= 4 is 27.8 Å². The molecule has 2 unspecified atom stereocenters. The van der Waals surface area contributed by atoms with E-state index >= 15 is 0 Å². The predicted molar refractivity (Wildman–Crippen MR) is 71.6 cm³/mol. The molecule has 5 nitrogen and oxygen atoms in total. The van der Waals surface area contributed by atoms with E-state index in [1.807, 2.05) is 0 Å². The summed E-state index contributed by atoms with van der Waals surface area (Å²) in [5, 5.41) is 9.62. The normalized spacial score (nSPS) is 21.9. The number of nitrogens with zero attached hydrogens (tertiary/aromatic N) is 1. The van der Waals surface area contributed by atoms with Crippen LogP contribution in [0, 0.1) is 5.82 Å². The summed E-state index contributed by atoms with van der Waals surface area (Å²) in [6, 6.07) is 3.16. The number of amides is 1. The van der Waals surface area contributed by atoms with Crippen molar-refractivity contribution < 1.29 is 23.8 Å². The molecule has 1 fully saturated rings. The number of ether oxygens (including phenoxy) is 1. The van der Waals surface area contributed by atoms with Crippen molar-refractivity contribution in [2.45, 2.75) is 18.6 Å². The van der Waals surface area contributed by atoms with E-state index in [9.17, 15) is 19.1 Å². The summed E-state index contributed by atoms with van der Waals surface area (Å²) in [6.45, 7) is -0.0197. The van der Waals surface area contributed by atoms with Crippen molar-refractivity contribution in [1.82, 2.24) is 4.90 Å². The first-order valence-corrected chi connectivity index (χ1v) is 6.75. The molecule has 0 aliphatic carbocycles. The molecular weight excluding hydrogens is 333 g/mol. The number of halogens is 2. The molecule has 1 aromatic rings. The maximum Gasteiger partial charge on any atom is 0.328 e. The zero-order chi connectivity index (χ0) is 14.9. The van der Waals surface area contributed by atoms with Gasteiger partial charge in [-0.25, -0.2) is 9.18 Å². The fourth-order valence-corrected chi connectivity index (χ4v) is 2.55. The Bertz CT molecular complexity index is 551. The second-order valence-corrected chi connectivity index (χ2v) is 5.43. The second kappa shape index (κ2) is 5.88. The number of esters is 1. The number of hydrogen-bond acceptors (Lipinski definition) is 4. The summed E-state index contributed by atoms with van der Waals surface area (Å²) in [4.78, 5) is 25.1. The fourth-order valence-electron chi connectivity index (χ4n) is 2.22. The molecule has 0 aromatic heterocycles. The maximum absolute atomic E-state index is 13.8. The lowest BCUT2D eigenvalue weighted by molar-refractivity contribution is -0.145. The third kappa shape index (κ3) is 2.83. The van der Waals surface area contributed by atoms with E-state index in [1.165, 1.54) is 25.3 Å². The van der Waals surface area contributed by atoms with Crippen LogP contribution in [0.1, 0.15) is 16.8 Å². The highest BCUT2D eigenvalue weighted by atomic mass is 79.9. The first kappa shape index (κ1) is 14.9. The van der Waals surface area contributed by atoms with Crippen LogP contribution < -0.4 is 0 Å². The fraction of sp³-hybridized carbons (Fsp3) is 0.385. The minimum Gasteiger partial charge on any atom is -0.467 e. The van der Waals surface area contributed by atoms with Crippen LogP contribution >= 0.6 is 15.9 Å². The number of carbonyl (C=O) groups excluding carboxylic acids is 2. The quantitative estimate of drug-likeness (QED) is 0.821. The van der Waals surface area contributed by atoms with Crippen molar-refractivity contribution in [3.05, 3.63) is 34.1 Å². The lowest BCUT2D eigenvalue weighted by Gasteiger charge is -2.22. The molecule has 1 N–H and O–H groups in total. The average Bonchev–Trinajstić information content (AvgIpc) is 2.79. The van der Waals surface area contributed by atoms with Crippen LogP contribution in [0.3, 0.4) is 0 Å². The Morgan fingerprint density at radius 1 is 1.50 bits per heavy atom. The van der Waals surface area contributed by atoms with Crippen LogP contribution in [0.15, 0.2) is 22.7 Å². The van der Waals surface area contributed by atoms with Crippen LogP contribution in [-0.4, -0.2) is 47.7 Å². The Kier molecular flexibility index (Phi) is 4.39. The Balaban J connectivity index is 2.29. The van der Waals surface area contributed by atoms with Crippen molar-refractivity contribution in [2.75, 3.05) is 13.7 Å². The number of likely N-dealkylation sites (tertiary alicyclic amines) is 1. The molecule has 20 heavy (non-hydrogen) atoms. The van der Waals surface area contributed by atoms with Crippen molar-refractivity contribution in [3.8, 4) is 0 Å². The first-order valence-electron chi connectivity index (χ1n) is 5.96. The first-order chi connectivity index (χ1) is 9.43. The summed E-state index contributed by atoms with van der Waals surface area (Å²) >= 11 is 3.11. The zero-order valence-corrected chi connectivity index (χ0v) is 12.3. The van der Waals surface area contributed by atoms with E-state index in [0.29, 0.717) is 4.47 Å². The standard InChI is InChI=1S/C13H13BrFNO4/c1-20-13(19)11-5-8(17)6-16(11)12(18)9-3-2-7(14)4-10(9)15/h2-4,8,11,17H,5-6H2,1H3. The van der Waals surface area contributed by atoms with E-state index < -0.39 is 29.8 Å². The van der Waals surface area contributed by atoms with Gasteiger partial charge in [-0.15, -0.1) is 0 Å². The SMILES string of the molecule is COC(=O)C1CC(O)CN1C(=O)c1ccc(Br)cc1F. The number of methoxy groups -OCH3 is 1. The Hall–Kier alpha value is -1.47. The smallest absolute Gasteiger partial charge is 0.328 e. The number of β-amino-alcohol motifs (C(OH)–C–C–N with tert-alkyl or cyclic N) is 1. The van der Waals surface area contributed by atoms with E-state index in [4.69, 9.17) is 0 Å². The molecule has 1 heterocycles. The summed E-state index contributed by atoms with van der Waals surface area (Å²) in [6.07, 6.45) is -0.724. The Labute approximate surface area is 123 Å². The zero-order valence-electron chi connectivity index (χ0n) is 10.7. The molecule has 1 aliphatic heterocycles. The minimum absolute atomic E-state index is 0.0197. The Morgan fingerprint density at radius 2 is 2.20 bits per heavy atom. The van der Waals surface area contributed by atoms with Gasteiger partial charge in [0.1, 0.15) is 11.9 Å². The van der Waals surface area contributed by atoms with Gasteiger partial charge in [-0.3, -0.25) is 4.79 Å². The number of aliphatic hydroxyl groups excluding tert-OH is 1. The van der Waals surface area contributed by atoms with Gasteiger partial charge in [0.15, 0.2) is 0 Å². The highest BCUT2D eigenvalue weighted by Crippen LogP contribution is 2.24. The van der Waals surface area contributed by atoms with Crippen molar-refractivity contribution in [3.63, 3.8) is 0 Å². The van der Waals surface area contributed by atoms with Gasteiger partial charge in [0, 0.05) is 17.4 Å². The molecular formula is C13H13BrFNO4. The Morgan fingerprint density at radius 3 is 2.80 bits per heavy atom. The molecule has 1 saturated heterocycles. The third-order valence-corrected chi connectivity index (χ3v) is 3.67. The number of benzene rings is 1. The van der Waals surface area contributed by atoms with Crippen LogP contribution in [0.5, 0.6) is 0 Å². The summed E-state index contributed by atoms with van der Waals surface area (Å²) in [5.74, 6) is -1.94. The lowest BCUT2D eigenvalue weighted by Crippen LogP contribution is -2.41. The molecule has 0 spiro atoms. The average molecular weight is 346 g/mol. The van der Waals surface area contributed by atoms with E-state index in [1.54, 1.807) is 0 Å². The van der Waals surface area contributed by atoms with Crippen molar-refractivity contribution in [2.24, 2.45) is 0 Å². The van der Waals surface area contributed by atoms with Gasteiger partial charge in [0.2, 0.25) is 0 Å². The molecule has 1 aromatic carbocycles. The monoisotopic (exact) mass is 345 g/mol. The molecule has 0 bridgehead atoms. The van der Waals surface area contributed by atoms with Crippen LogP contribution in [0.4, 0.5) is 4.39 Å². The summed E-state index contributed by atoms with van der Waals surface area (Å²) in [7, 11) is 1.20. The van der Waals surface area contributed by atoms with Gasteiger partial charge in [0.25, 0.3) is 5.91 Å². The largest absolute Gasteiger partial charge is 0.467 e. The van der Waals surface area contributed by atoms with Gasteiger partial charge >= 0.3 is 5.97 Å². The molecule has 0 radical (unpaired) electrons. The third-order valence-electron chi connectivity index (χ3n) is 3.17. The minimum atomic E-state index is -0.884. The molecule has 1 aliphatic rings. The maximum atomic E-state index is 13.8. The lowest BCUT2D eigenvalue weighted by atomic mass is 10.1. The van der Waals surface area contributed by atoms with Gasteiger partial charge in [-0.05, 0) is 18.2 Å². The topological polar surface area (TPSA) is 66.8 Å². The number of hydrogen-bond donors (Lipinski definition) is 1. The van der Waals surface area contributed by atoms with Crippen LogP contribution in [-0.2, 0) is 9.53 Å². The van der Waals surface area contributed by atoms with E-state index in [-0.39, 0.29) is 18.5 Å². The second-order valence-electron chi connectivity index (χ2n) is 4.51. The van der Waals surface area contributed by atoms with Crippen LogP contribution in [0.2, 0.25) is 0 Å². The highest BCUT2D eigenvalue weighted by molar-refractivity contribution is 9.10. The number of carbonyl (C=O) groups is 2. The molecule has 1 amide bonds. The predicted octanol–water partition coefficient (Wildman–Crippen LogP) is 1.34. The van der Waals surface area contributed by atoms with Gasteiger partial charge in [-0.2, -0.15) is 0 Å². The van der Waals surface area contributed by atoms with Crippen LogP contribution in [0.25, 0.3) is 0 Å². The van der Waals surface area contributed by atoms with Gasteiger partial charge in [-0.1, -0.05) is 15.9 Å². The molecule has 108 valence electrons. The summed E-state index contributed by atoms with van der Waals surface area (Å²) in [5.41, 5.74) is -0.142. The van der Waals surface area contributed by atoms with Crippen molar-refractivity contribution in [1.29, 1.82) is 0 Å². The molecule has 2 rings (SSSR count). The highest BCUT2D eigenvalue weighted by Gasteiger charge is 2.40. The van der Waals surface area contributed by atoms with E-state index in [2.05, 4.69) is 20.7 Å². The van der Waals surface area contributed by atoms with Gasteiger partial charge < -0.3 is 14.7 Å².